The number of carbonyl (C=O) groups excluding carboxylic acids is 1. The molecule has 1 unspecified atom stereocenters. The third-order valence-electron chi connectivity index (χ3n) is 4.33. The average Bonchev–Trinajstić information content (AvgIpc) is 2.56. The Kier molecular flexibility index (Phi) is 4.71. The lowest BCUT2D eigenvalue weighted by molar-refractivity contribution is -0.136. The molecule has 3 N–H and O–H groups in total. The maximum atomic E-state index is 12.6. The third kappa shape index (κ3) is 3.42. The van der Waals surface area contributed by atoms with E-state index in [1.54, 1.807) is 0 Å². The number of unbranched alkanes of at least 4 members (excludes halogenated alkanes) is 1. The molecule has 1 atom stereocenters. The van der Waals surface area contributed by atoms with Gasteiger partial charge in [0.15, 0.2) is 0 Å². The molecule has 0 aliphatic carbocycles. The van der Waals surface area contributed by atoms with Gasteiger partial charge in [0.1, 0.15) is 12.1 Å². The molecule has 1 aromatic heterocycles. The first-order valence-corrected chi connectivity index (χ1v) is 8.20. The maximum Gasteiger partial charge on any atom is 0.240 e. The van der Waals surface area contributed by atoms with E-state index in [1.165, 1.54) is 6.33 Å². The van der Waals surface area contributed by atoms with Crippen molar-refractivity contribution in [2.75, 3.05) is 18.8 Å². The SMILES string of the molecule is CCCCC1NCCN(Cc2ccc3c(N)ncnc3c2)C1=O. The molecule has 23 heavy (non-hydrogen) atoms. The number of nitrogens with zero attached hydrogens (tertiary/aromatic N) is 3. The van der Waals surface area contributed by atoms with E-state index in [-0.39, 0.29) is 11.9 Å². The van der Waals surface area contributed by atoms with Crippen LogP contribution in [0, 0.1) is 0 Å². The Morgan fingerprint density at radius 2 is 2.26 bits per heavy atom. The predicted octanol–water partition coefficient (Wildman–Crippen LogP) is 1.70. The van der Waals surface area contributed by atoms with E-state index in [9.17, 15) is 4.79 Å². The van der Waals surface area contributed by atoms with Gasteiger partial charge in [0.05, 0.1) is 11.6 Å². The van der Waals surface area contributed by atoms with E-state index in [0.717, 1.165) is 48.8 Å². The second kappa shape index (κ2) is 6.91. The summed E-state index contributed by atoms with van der Waals surface area (Å²) in [6, 6.07) is 5.88. The zero-order chi connectivity index (χ0) is 16.2. The van der Waals surface area contributed by atoms with E-state index in [4.69, 9.17) is 5.73 Å². The molecule has 6 nitrogen and oxygen atoms in total. The molecule has 0 spiro atoms. The number of benzene rings is 1. The fraction of sp³-hybridized carbons (Fsp3) is 0.471. The molecular formula is C17H23N5O. The molecule has 1 saturated heterocycles. The minimum Gasteiger partial charge on any atom is -0.383 e. The highest BCUT2D eigenvalue weighted by Gasteiger charge is 2.27. The number of aromatic nitrogens is 2. The zero-order valence-corrected chi connectivity index (χ0v) is 13.5. The molecular weight excluding hydrogens is 290 g/mol. The highest BCUT2D eigenvalue weighted by molar-refractivity contribution is 5.88. The van der Waals surface area contributed by atoms with Gasteiger partial charge in [-0.1, -0.05) is 25.8 Å². The molecule has 2 heterocycles. The van der Waals surface area contributed by atoms with Gasteiger partial charge in [-0.25, -0.2) is 9.97 Å². The van der Waals surface area contributed by atoms with Crippen LogP contribution in [0.1, 0.15) is 31.7 Å². The van der Waals surface area contributed by atoms with Crippen molar-refractivity contribution in [3.8, 4) is 0 Å². The molecule has 1 amide bonds. The van der Waals surface area contributed by atoms with E-state index in [1.807, 2.05) is 23.1 Å². The third-order valence-corrected chi connectivity index (χ3v) is 4.33. The number of nitrogen functional groups attached to an aromatic ring is 1. The number of hydrogen-bond donors (Lipinski definition) is 2. The first kappa shape index (κ1) is 15.7. The van der Waals surface area contributed by atoms with Gasteiger partial charge in [-0.05, 0) is 24.1 Å². The highest BCUT2D eigenvalue weighted by atomic mass is 16.2. The van der Waals surface area contributed by atoms with E-state index >= 15 is 0 Å². The summed E-state index contributed by atoms with van der Waals surface area (Å²) in [5.41, 5.74) is 7.74. The van der Waals surface area contributed by atoms with Gasteiger partial charge in [-0.2, -0.15) is 0 Å². The number of nitrogens with two attached hydrogens (primary N) is 1. The minimum atomic E-state index is -0.0397. The Morgan fingerprint density at radius 3 is 3.09 bits per heavy atom. The Labute approximate surface area is 136 Å². The number of nitrogens with one attached hydrogen (secondary N) is 1. The first-order valence-electron chi connectivity index (χ1n) is 8.20. The van der Waals surface area contributed by atoms with E-state index in [2.05, 4.69) is 22.2 Å². The quantitative estimate of drug-likeness (QED) is 0.878. The summed E-state index contributed by atoms with van der Waals surface area (Å²) in [5.74, 6) is 0.687. The van der Waals surface area contributed by atoms with Crippen molar-refractivity contribution in [1.29, 1.82) is 0 Å². The van der Waals surface area contributed by atoms with E-state index in [0.29, 0.717) is 12.4 Å². The fourth-order valence-corrected chi connectivity index (χ4v) is 3.02. The first-order chi connectivity index (χ1) is 11.2. The number of anilines is 1. The molecule has 2 aromatic rings. The summed E-state index contributed by atoms with van der Waals surface area (Å²) < 4.78 is 0. The Balaban J connectivity index is 1.74. The summed E-state index contributed by atoms with van der Waals surface area (Å²) in [6.07, 6.45) is 4.56. The second-order valence-electron chi connectivity index (χ2n) is 6.02. The Bertz CT molecular complexity index is 702. The average molecular weight is 313 g/mol. The lowest BCUT2D eigenvalue weighted by Gasteiger charge is -2.33. The largest absolute Gasteiger partial charge is 0.383 e. The lowest BCUT2D eigenvalue weighted by Crippen LogP contribution is -2.54. The molecule has 0 bridgehead atoms. The molecule has 1 aromatic carbocycles. The van der Waals surface area contributed by atoms with Crippen LogP contribution in [0.2, 0.25) is 0 Å². The molecule has 1 aliphatic rings. The van der Waals surface area contributed by atoms with Gasteiger partial charge in [-0.15, -0.1) is 0 Å². The fourth-order valence-electron chi connectivity index (χ4n) is 3.02. The van der Waals surface area contributed by atoms with Crippen LogP contribution >= 0.6 is 0 Å². The number of piperazine rings is 1. The molecule has 0 saturated carbocycles. The summed E-state index contributed by atoms with van der Waals surface area (Å²) >= 11 is 0. The smallest absolute Gasteiger partial charge is 0.240 e. The number of fused-ring (bicyclic) bond motifs is 1. The van der Waals surface area contributed by atoms with Crippen LogP contribution in [0.15, 0.2) is 24.5 Å². The number of amides is 1. The number of carbonyl (C=O) groups is 1. The Hall–Kier alpha value is -2.21. The molecule has 122 valence electrons. The summed E-state index contributed by atoms with van der Waals surface area (Å²) in [5, 5.41) is 4.18. The van der Waals surface area contributed by atoms with Gasteiger partial charge in [0.2, 0.25) is 5.91 Å². The zero-order valence-electron chi connectivity index (χ0n) is 13.5. The highest BCUT2D eigenvalue weighted by Crippen LogP contribution is 2.19. The number of hydrogen-bond acceptors (Lipinski definition) is 5. The second-order valence-corrected chi connectivity index (χ2v) is 6.02. The normalized spacial score (nSPS) is 18.6. The molecule has 6 heteroatoms. The van der Waals surface area contributed by atoms with E-state index < -0.39 is 0 Å². The number of rotatable bonds is 5. The summed E-state index contributed by atoms with van der Waals surface area (Å²) in [6.45, 7) is 4.35. The van der Waals surface area contributed by atoms with Crippen LogP contribution in [-0.2, 0) is 11.3 Å². The standard InChI is InChI=1S/C17H23N5O/c1-2-3-4-14-17(23)22(8-7-19-14)10-12-5-6-13-15(9-12)20-11-21-16(13)18/h5-6,9,11,14,19H,2-4,7-8,10H2,1H3,(H2,18,20,21). The summed E-state index contributed by atoms with van der Waals surface area (Å²) in [7, 11) is 0. The van der Waals surface area contributed by atoms with Crippen LogP contribution in [-0.4, -0.2) is 39.9 Å². The van der Waals surface area contributed by atoms with Crippen molar-refractivity contribution >= 4 is 22.6 Å². The molecule has 1 aliphatic heterocycles. The minimum absolute atomic E-state index is 0.0397. The van der Waals surface area contributed by atoms with Crippen LogP contribution in [0.5, 0.6) is 0 Å². The van der Waals surface area contributed by atoms with Crippen LogP contribution in [0.4, 0.5) is 5.82 Å². The van der Waals surface area contributed by atoms with Crippen molar-refractivity contribution in [2.24, 2.45) is 0 Å². The summed E-state index contributed by atoms with van der Waals surface area (Å²) in [4.78, 5) is 22.8. The predicted molar refractivity (Wildman–Crippen MR) is 90.7 cm³/mol. The van der Waals surface area contributed by atoms with Crippen LogP contribution in [0.25, 0.3) is 10.9 Å². The molecule has 3 rings (SSSR count). The van der Waals surface area contributed by atoms with Crippen molar-refractivity contribution in [3.05, 3.63) is 30.1 Å². The lowest BCUT2D eigenvalue weighted by atomic mass is 10.1. The van der Waals surface area contributed by atoms with Crippen LogP contribution in [0.3, 0.4) is 0 Å². The van der Waals surface area contributed by atoms with Gasteiger partial charge >= 0.3 is 0 Å². The van der Waals surface area contributed by atoms with Crippen molar-refractivity contribution in [3.63, 3.8) is 0 Å². The topological polar surface area (TPSA) is 84.1 Å². The monoisotopic (exact) mass is 313 g/mol. The molecule has 0 radical (unpaired) electrons. The van der Waals surface area contributed by atoms with Crippen molar-refractivity contribution < 1.29 is 4.79 Å². The Morgan fingerprint density at radius 1 is 1.39 bits per heavy atom. The van der Waals surface area contributed by atoms with Gasteiger partial charge < -0.3 is 16.0 Å². The van der Waals surface area contributed by atoms with Crippen molar-refractivity contribution in [2.45, 2.75) is 38.8 Å². The van der Waals surface area contributed by atoms with Gasteiger partial charge in [0, 0.05) is 25.0 Å². The molecule has 1 fully saturated rings. The van der Waals surface area contributed by atoms with Crippen molar-refractivity contribution in [1.82, 2.24) is 20.2 Å². The maximum absolute atomic E-state index is 12.6. The van der Waals surface area contributed by atoms with Gasteiger partial charge in [-0.3, -0.25) is 4.79 Å². The van der Waals surface area contributed by atoms with Crippen LogP contribution < -0.4 is 11.1 Å². The van der Waals surface area contributed by atoms with Gasteiger partial charge in [0.25, 0.3) is 0 Å².